The molecule has 2 aromatic rings. The third-order valence-electron chi connectivity index (χ3n) is 3.73. The van der Waals surface area contributed by atoms with Crippen molar-refractivity contribution in [2.45, 2.75) is 32.7 Å². The van der Waals surface area contributed by atoms with Crippen LogP contribution in [0.1, 0.15) is 39.4 Å². The Kier molecular flexibility index (Phi) is 3.22. The summed E-state index contributed by atoms with van der Waals surface area (Å²) in [6.07, 6.45) is 3.56. The van der Waals surface area contributed by atoms with Crippen LogP contribution in [0.4, 0.5) is 5.69 Å². The van der Waals surface area contributed by atoms with Crippen molar-refractivity contribution >= 4 is 11.7 Å². The van der Waals surface area contributed by atoms with E-state index in [1.165, 1.54) is 24.0 Å². The molecule has 0 amide bonds. The summed E-state index contributed by atoms with van der Waals surface area (Å²) < 4.78 is 5.33. The van der Waals surface area contributed by atoms with Crippen LogP contribution in [0, 0.1) is 6.92 Å². The zero-order valence-electron chi connectivity index (χ0n) is 11.4. The molecular weight excluding hydrogens is 254 g/mol. The molecule has 1 aliphatic carbocycles. The first kappa shape index (κ1) is 12.8. The van der Waals surface area contributed by atoms with Gasteiger partial charge in [-0.05, 0) is 55.5 Å². The maximum absolute atomic E-state index is 10.9. The lowest BCUT2D eigenvalue weighted by Gasteiger charge is -2.07. The van der Waals surface area contributed by atoms with Gasteiger partial charge >= 0.3 is 5.97 Å². The summed E-state index contributed by atoms with van der Waals surface area (Å²) in [4.78, 5) is 10.9. The predicted molar refractivity (Wildman–Crippen MR) is 76.2 cm³/mol. The topological polar surface area (TPSA) is 62.5 Å². The van der Waals surface area contributed by atoms with Crippen LogP contribution in [0.3, 0.4) is 0 Å². The number of hydrogen-bond donors (Lipinski definition) is 2. The molecule has 104 valence electrons. The molecule has 1 heterocycles. The molecule has 0 bridgehead atoms. The van der Waals surface area contributed by atoms with Gasteiger partial charge in [-0.25, -0.2) is 4.79 Å². The van der Waals surface area contributed by atoms with Gasteiger partial charge in [0.25, 0.3) is 0 Å². The van der Waals surface area contributed by atoms with E-state index in [1.54, 1.807) is 13.0 Å². The lowest BCUT2D eigenvalue weighted by atomic mass is 10.1. The van der Waals surface area contributed by atoms with Crippen molar-refractivity contribution in [1.82, 2.24) is 0 Å². The van der Waals surface area contributed by atoms with Crippen LogP contribution in [0.15, 0.2) is 28.7 Å². The molecule has 3 rings (SSSR count). The van der Waals surface area contributed by atoms with Gasteiger partial charge in [-0.1, -0.05) is 6.07 Å². The van der Waals surface area contributed by atoms with E-state index in [1.807, 2.05) is 0 Å². The molecule has 2 N–H and O–H groups in total. The number of carboxylic acids is 1. The molecule has 0 spiro atoms. The van der Waals surface area contributed by atoms with Crippen LogP contribution in [0.2, 0.25) is 0 Å². The summed E-state index contributed by atoms with van der Waals surface area (Å²) in [6.45, 7) is 2.23. The summed E-state index contributed by atoms with van der Waals surface area (Å²) in [5.41, 5.74) is 4.56. The normalized spacial score (nSPS) is 13.2. The summed E-state index contributed by atoms with van der Waals surface area (Å²) >= 11 is 0. The number of carboxylic acid groups (broad SMARTS) is 1. The van der Waals surface area contributed by atoms with E-state index in [0.29, 0.717) is 17.9 Å². The van der Waals surface area contributed by atoms with Gasteiger partial charge in [-0.2, -0.15) is 0 Å². The van der Waals surface area contributed by atoms with Crippen molar-refractivity contribution in [1.29, 1.82) is 0 Å². The summed E-state index contributed by atoms with van der Waals surface area (Å²) in [5, 5.41) is 12.2. The number of fused-ring (bicyclic) bond motifs is 1. The largest absolute Gasteiger partial charge is 0.475 e. The molecule has 0 atom stereocenters. The van der Waals surface area contributed by atoms with Gasteiger partial charge in [0.05, 0.1) is 6.54 Å². The number of carbonyl (C=O) groups is 1. The highest BCUT2D eigenvalue weighted by molar-refractivity contribution is 5.86. The summed E-state index contributed by atoms with van der Waals surface area (Å²) in [7, 11) is 0. The number of aromatic carboxylic acids is 1. The Bertz CT molecular complexity index is 658. The van der Waals surface area contributed by atoms with Gasteiger partial charge in [0.2, 0.25) is 5.76 Å². The first-order valence-electron chi connectivity index (χ1n) is 6.82. The fourth-order valence-corrected chi connectivity index (χ4v) is 2.72. The maximum Gasteiger partial charge on any atom is 0.372 e. The Labute approximate surface area is 117 Å². The highest BCUT2D eigenvalue weighted by Gasteiger charge is 2.14. The Balaban J connectivity index is 1.70. The van der Waals surface area contributed by atoms with Crippen LogP contribution < -0.4 is 5.32 Å². The third-order valence-corrected chi connectivity index (χ3v) is 3.73. The minimum atomic E-state index is -1.02. The van der Waals surface area contributed by atoms with Gasteiger partial charge in [0.15, 0.2) is 0 Å². The Hall–Kier alpha value is -2.23. The van der Waals surface area contributed by atoms with E-state index >= 15 is 0 Å². The SMILES string of the molecule is Cc1cc(CNc2ccc3c(c2)CCC3)oc1C(=O)O. The minimum absolute atomic E-state index is 0.0238. The second kappa shape index (κ2) is 5.04. The second-order valence-electron chi connectivity index (χ2n) is 5.22. The van der Waals surface area contributed by atoms with Gasteiger partial charge < -0.3 is 14.8 Å². The molecule has 20 heavy (non-hydrogen) atoms. The minimum Gasteiger partial charge on any atom is -0.475 e. The molecule has 4 heteroatoms. The van der Waals surface area contributed by atoms with E-state index in [9.17, 15) is 4.79 Å². The summed E-state index contributed by atoms with van der Waals surface area (Å²) in [6, 6.07) is 8.18. The average molecular weight is 271 g/mol. The molecule has 0 unspecified atom stereocenters. The van der Waals surface area contributed by atoms with E-state index in [2.05, 4.69) is 23.5 Å². The first-order valence-corrected chi connectivity index (χ1v) is 6.82. The van der Waals surface area contributed by atoms with Crippen molar-refractivity contribution in [3.8, 4) is 0 Å². The van der Waals surface area contributed by atoms with Crippen LogP contribution in [-0.2, 0) is 19.4 Å². The number of aryl methyl sites for hydroxylation is 3. The fourth-order valence-electron chi connectivity index (χ4n) is 2.72. The molecule has 0 radical (unpaired) electrons. The zero-order chi connectivity index (χ0) is 14.1. The average Bonchev–Trinajstić information content (AvgIpc) is 3.01. The third kappa shape index (κ3) is 2.41. The van der Waals surface area contributed by atoms with Gasteiger partial charge in [-0.3, -0.25) is 0 Å². The fraction of sp³-hybridized carbons (Fsp3) is 0.312. The predicted octanol–water partition coefficient (Wildman–Crippen LogP) is 3.39. The zero-order valence-corrected chi connectivity index (χ0v) is 11.4. The number of furan rings is 1. The lowest BCUT2D eigenvalue weighted by molar-refractivity contribution is 0.0659. The van der Waals surface area contributed by atoms with Crippen LogP contribution in [-0.4, -0.2) is 11.1 Å². The highest BCUT2D eigenvalue weighted by Crippen LogP contribution is 2.25. The van der Waals surface area contributed by atoms with Crippen molar-refractivity contribution in [3.63, 3.8) is 0 Å². The van der Waals surface area contributed by atoms with Crippen molar-refractivity contribution < 1.29 is 14.3 Å². The smallest absolute Gasteiger partial charge is 0.372 e. The van der Waals surface area contributed by atoms with Crippen molar-refractivity contribution in [3.05, 3.63) is 52.5 Å². The Morgan fingerprint density at radius 3 is 2.85 bits per heavy atom. The molecule has 1 aliphatic rings. The van der Waals surface area contributed by atoms with Crippen molar-refractivity contribution in [2.24, 2.45) is 0 Å². The van der Waals surface area contributed by atoms with Crippen LogP contribution >= 0.6 is 0 Å². The number of hydrogen-bond acceptors (Lipinski definition) is 3. The number of benzene rings is 1. The molecule has 4 nitrogen and oxygen atoms in total. The number of anilines is 1. The Morgan fingerprint density at radius 2 is 2.10 bits per heavy atom. The lowest BCUT2D eigenvalue weighted by Crippen LogP contribution is -1.99. The van der Waals surface area contributed by atoms with Crippen LogP contribution in [0.5, 0.6) is 0 Å². The van der Waals surface area contributed by atoms with Gasteiger partial charge in [0, 0.05) is 11.3 Å². The summed E-state index contributed by atoms with van der Waals surface area (Å²) in [5.74, 6) is -0.359. The number of nitrogens with one attached hydrogen (secondary N) is 1. The van der Waals surface area contributed by atoms with E-state index in [0.717, 1.165) is 12.1 Å². The Morgan fingerprint density at radius 1 is 1.30 bits per heavy atom. The van der Waals surface area contributed by atoms with E-state index in [-0.39, 0.29) is 5.76 Å². The quantitative estimate of drug-likeness (QED) is 0.894. The molecule has 0 aliphatic heterocycles. The molecule has 0 saturated carbocycles. The van der Waals surface area contributed by atoms with E-state index < -0.39 is 5.97 Å². The van der Waals surface area contributed by atoms with Gasteiger partial charge in [-0.15, -0.1) is 0 Å². The number of rotatable bonds is 4. The first-order chi connectivity index (χ1) is 9.63. The van der Waals surface area contributed by atoms with Crippen molar-refractivity contribution in [2.75, 3.05) is 5.32 Å². The molecular formula is C16H17NO3. The monoisotopic (exact) mass is 271 g/mol. The molecule has 1 aromatic heterocycles. The highest BCUT2D eigenvalue weighted by atomic mass is 16.4. The maximum atomic E-state index is 10.9. The standard InChI is InChI=1S/C16H17NO3/c1-10-7-14(20-15(10)16(18)19)9-17-13-6-5-11-3-2-4-12(11)8-13/h5-8,17H,2-4,9H2,1H3,(H,18,19). The molecule has 1 aromatic carbocycles. The molecule has 0 saturated heterocycles. The van der Waals surface area contributed by atoms with E-state index in [4.69, 9.17) is 9.52 Å². The van der Waals surface area contributed by atoms with Crippen LogP contribution in [0.25, 0.3) is 0 Å². The second-order valence-corrected chi connectivity index (χ2v) is 5.22. The molecule has 0 fully saturated rings. The van der Waals surface area contributed by atoms with Gasteiger partial charge in [0.1, 0.15) is 5.76 Å².